The molecule has 1 unspecified atom stereocenters. The number of carbonyl (C=O) groups is 2. The highest BCUT2D eigenvalue weighted by Gasteiger charge is 2.52. The van der Waals surface area contributed by atoms with Gasteiger partial charge in [0.1, 0.15) is 5.41 Å². The van der Waals surface area contributed by atoms with E-state index in [-0.39, 0.29) is 12.4 Å². The van der Waals surface area contributed by atoms with E-state index >= 15 is 0 Å². The van der Waals surface area contributed by atoms with Crippen molar-refractivity contribution in [3.05, 3.63) is 23.3 Å². The maximum Gasteiger partial charge on any atom is 0.320 e. The first-order valence-corrected chi connectivity index (χ1v) is 8.10. The first-order chi connectivity index (χ1) is 11.0. The van der Waals surface area contributed by atoms with Gasteiger partial charge in [0.15, 0.2) is 17.3 Å². The van der Waals surface area contributed by atoms with Crippen LogP contribution in [-0.2, 0) is 16.0 Å². The van der Waals surface area contributed by atoms with Crippen LogP contribution < -0.4 is 9.47 Å². The highest BCUT2D eigenvalue weighted by atomic mass is 35.5. The number of carbonyl (C=O) groups excluding carboxylic acids is 2. The predicted molar refractivity (Wildman–Crippen MR) is 86.6 cm³/mol. The van der Waals surface area contributed by atoms with Crippen LogP contribution in [0.5, 0.6) is 11.5 Å². The van der Waals surface area contributed by atoms with E-state index in [2.05, 4.69) is 0 Å². The van der Waals surface area contributed by atoms with E-state index in [1.807, 2.05) is 0 Å². The second-order valence-electron chi connectivity index (χ2n) is 5.47. The minimum Gasteiger partial charge on any atom is -0.493 e. The largest absolute Gasteiger partial charge is 0.493 e. The Labute approximate surface area is 140 Å². The molecule has 0 saturated carbocycles. The minimum absolute atomic E-state index is 0.225. The van der Waals surface area contributed by atoms with Crippen molar-refractivity contribution >= 4 is 23.4 Å². The highest BCUT2D eigenvalue weighted by Crippen LogP contribution is 2.45. The molecule has 1 aromatic carbocycles. The van der Waals surface area contributed by atoms with Crippen LogP contribution in [0.1, 0.15) is 35.7 Å². The summed E-state index contributed by atoms with van der Waals surface area (Å²) in [5.41, 5.74) is 0.0745. The molecule has 0 amide bonds. The normalized spacial score (nSPS) is 19.4. The van der Waals surface area contributed by atoms with Crippen LogP contribution in [0.2, 0.25) is 0 Å². The van der Waals surface area contributed by atoms with E-state index in [4.69, 9.17) is 25.8 Å². The van der Waals surface area contributed by atoms with Gasteiger partial charge in [-0.15, -0.1) is 11.6 Å². The van der Waals surface area contributed by atoms with Crippen molar-refractivity contribution in [1.29, 1.82) is 0 Å². The summed E-state index contributed by atoms with van der Waals surface area (Å²) >= 11 is 5.77. The Morgan fingerprint density at radius 1 is 1.26 bits per heavy atom. The third kappa shape index (κ3) is 3.02. The second kappa shape index (κ2) is 7.21. The molecule has 6 heteroatoms. The molecule has 0 fully saturated rings. The topological polar surface area (TPSA) is 61.8 Å². The van der Waals surface area contributed by atoms with Gasteiger partial charge in [-0.25, -0.2) is 0 Å². The van der Waals surface area contributed by atoms with Crippen LogP contribution in [0.15, 0.2) is 12.1 Å². The van der Waals surface area contributed by atoms with Crippen LogP contribution in [-0.4, -0.2) is 38.5 Å². The molecule has 0 aromatic heterocycles. The number of esters is 1. The number of rotatable bonds is 7. The summed E-state index contributed by atoms with van der Waals surface area (Å²) in [5, 5.41) is 0. The Kier molecular flexibility index (Phi) is 5.52. The summed E-state index contributed by atoms with van der Waals surface area (Å²) in [6, 6.07) is 3.39. The first kappa shape index (κ1) is 17.6. The second-order valence-corrected chi connectivity index (χ2v) is 5.84. The molecule has 1 aliphatic rings. The van der Waals surface area contributed by atoms with E-state index in [1.54, 1.807) is 19.1 Å². The zero-order valence-corrected chi connectivity index (χ0v) is 14.4. The van der Waals surface area contributed by atoms with Crippen LogP contribution in [0.4, 0.5) is 0 Å². The summed E-state index contributed by atoms with van der Waals surface area (Å²) in [6.07, 6.45) is 1.24. The zero-order chi connectivity index (χ0) is 17.0. The number of hydrogen-bond acceptors (Lipinski definition) is 5. The molecule has 0 heterocycles. The third-order valence-electron chi connectivity index (χ3n) is 4.18. The first-order valence-electron chi connectivity index (χ1n) is 7.57. The smallest absolute Gasteiger partial charge is 0.320 e. The van der Waals surface area contributed by atoms with Gasteiger partial charge in [-0.05, 0) is 43.9 Å². The van der Waals surface area contributed by atoms with Gasteiger partial charge in [-0.1, -0.05) is 0 Å². The maximum atomic E-state index is 13.0. The summed E-state index contributed by atoms with van der Waals surface area (Å²) in [6.45, 7) is 1.96. The number of ketones is 1. The van der Waals surface area contributed by atoms with E-state index < -0.39 is 11.4 Å². The number of fused-ring (bicyclic) bond motifs is 1. The van der Waals surface area contributed by atoms with Crippen molar-refractivity contribution in [2.24, 2.45) is 5.41 Å². The molecule has 0 N–H and O–H groups in total. The number of methoxy groups -OCH3 is 2. The molecule has 2 rings (SSSR count). The third-order valence-corrected chi connectivity index (χ3v) is 4.45. The number of benzene rings is 1. The maximum absolute atomic E-state index is 13.0. The Morgan fingerprint density at radius 3 is 2.48 bits per heavy atom. The summed E-state index contributed by atoms with van der Waals surface area (Å²) in [4.78, 5) is 25.5. The SMILES string of the molecule is CCOC(=O)C1(CCCCl)Cc2cc(OC)c(OC)cc2C1=O. The summed E-state index contributed by atoms with van der Waals surface area (Å²) in [5.74, 6) is 0.686. The van der Waals surface area contributed by atoms with Gasteiger partial charge in [0.2, 0.25) is 0 Å². The van der Waals surface area contributed by atoms with Gasteiger partial charge < -0.3 is 14.2 Å². The Morgan fingerprint density at radius 2 is 1.91 bits per heavy atom. The predicted octanol–water partition coefficient (Wildman–Crippen LogP) is 3.01. The number of Topliss-reactive ketones (excluding diaryl/α,β-unsaturated/α-hetero) is 1. The van der Waals surface area contributed by atoms with Crippen molar-refractivity contribution in [2.75, 3.05) is 26.7 Å². The van der Waals surface area contributed by atoms with Gasteiger partial charge in [-0.3, -0.25) is 9.59 Å². The molecule has 0 spiro atoms. The lowest BCUT2D eigenvalue weighted by molar-refractivity contribution is -0.152. The van der Waals surface area contributed by atoms with Crippen LogP contribution >= 0.6 is 11.6 Å². The molecule has 0 aliphatic heterocycles. The average molecular weight is 341 g/mol. The van der Waals surface area contributed by atoms with Gasteiger partial charge in [0, 0.05) is 11.4 Å². The molecule has 126 valence electrons. The molecular formula is C17H21ClO5. The van der Waals surface area contributed by atoms with Crippen molar-refractivity contribution in [1.82, 2.24) is 0 Å². The van der Waals surface area contributed by atoms with E-state index in [0.717, 1.165) is 5.56 Å². The number of ether oxygens (including phenoxy) is 3. The molecule has 5 nitrogen and oxygen atoms in total. The number of halogens is 1. The molecule has 0 radical (unpaired) electrons. The van der Waals surface area contributed by atoms with Gasteiger partial charge in [0.05, 0.1) is 20.8 Å². The van der Waals surface area contributed by atoms with Crippen molar-refractivity contribution in [2.45, 2.75) is 26.2 Å². The fourth-order valence-electron chi connectivity index (χ4n) is 3.05. The van der Waals surface area contributed by atoms with E-state index in [9.17, 15) is 9.59 Å². The molecule has 0 bridgehead atoms. The van der Waals surface area contributed by atoms with Crippen LogP contribution in [0.25, 0.3) is 0 Å². The lowest BCUT2D eigenvalue weighted by Gasteiger charge is -2.24. The Hall–Kier alpha value is -1.75. The summed E-state index contributed by atoms with van der Waals surface area (Å²) in [7, 11) is 3.04. The van der Waals surface area contributed by atoms with E-state index in [1.165, 1.54) is 14.2 Å². The van der Waals surface area contributed by atoms with Gasteiger partial charge in [0.25, 0.3) is 0 Å². The molecule has 1 atom stereocenters. The fourth-order valence-corrected chi connectivity index (χ4v) is 3.18. The quantitative estimate of drug-likeness (QED) is 0.434. The van der Waals surface area contributed by atoms with Crippen molar-refractivity contribution in [3.8, 4) is 11.5 Å². The van der Waals surface area contributed by atoms with E-state index in [0.29, 0.717) is 42.2 Å². The molecule has 0 saturated heterocycles. The van der Waals surface area contributed by atoms with Crippen LogP contribution in [0, 0.1) is 5.41 Å². The summed E-state index contributed by atoms with van der Waals surface area (Å²) < 4.78 is 15.7. The lowest BCUT2D eigenvalue weighted by Crippen LogP contribution is -2.39. The number of hydrogen-bond donors (Lipinski definition) is 0. The van der Waals surface area contributed by atoms with Crippen molar-refractivity contribution in [3.63, 3.8) is 0 Å². The van der Waals surface area contributed by atoms with Gasteiger partial charge in [-0.2, -0.15) is 0 Å². The molecule has 1 aliphatic carbocycles. The average Bonchev–Trinajstić information content (AvgIpc) is 2.84. The minimum atomic E-state index is -1.19. The lowest BCUT2D eigenvalue weighted by atomic mass is 9.79. The Bertz CT molecular complexity index is 613. The molecular weight excluding hydrogens is 320 g/mol. The molecule has 23 heavy (non-hydrogen) atoms. The standard InChI is InChI=1S/C17H21ClO5/c1-4-23-16(20)17(6-5-7-18)10-11-8-13(21-2)14(22-3)9-12(11)15(17)19/h8-9H,4-7,10H2,1-3H3. The zero-order valence-electron chi connectivity index (χ0n) is 13.6. The fraction of sp³-hybridized carbons (Fsp3) is 0.529. The van der Waals surface area contributed by atoms with Crippen LogP contribution in [0.3, 0.4) is 0 Å². The Balaban J connectivity index is 2.47. The number of alkyl halides is 1. The molecule has 1 aromatic rings. The van der Waals surface area contributed by atoms with Gasteiger partial charge >= 0.3 is 5.97 Å². The van der Waals surface area contributed by atoms with Crippen molar-refractivity contribution < 1.29 is 23.8 Å². The highest BCUT2D eigenvalue weighted by molar-refractivity contribution is 6.18. The monoisotopic (exact) mass is 340 g/mol.